The summed E-state index contributed by atoms with van der Waals surface area (Å²) in [6.45, 7) is 0. The first-order chi connectivity index (χ1) is 19.8. The standard InChI is InChI=1S/C38H23ClO/c39-27-22-33(38-32-19-8-9-20-34(32)40-35(38)23-27)37-30-17-6-4-15-28(30)36(29-16-5-7-18-31(29)37)26-14-10-13-25(21-26)24-11-2-1-3-12-24/h1-23H. The molecule has 0 amide bonds. The topological polar surface area (TPSA) is 13.1 Å². The van der Waals surface area contributed by atoms with E-state index in [9.17, 15) is 0 Å². The van der Waals surface area contributed by atoms with Crippen molar-refractivity contribution in [3.05, 3.63) is 145 Å². The lowest BCUT2D eigenvalue weighted by Crippen LogP contribution is -1.92. The normalized spacial score (nSPS) is 11.6. The Balaban J connectivity index is 1.51. The number of furan rings is 1. The van der Waals surface area contributed by atoms with E-state index < -0.39 is 0 Å². The number of para-hydroxylation sites is 1. The van der Waals surface area contributed by atoms with E-state index in [0.29, 0.717) is 5.02 Å². The molecule has 0 atom stereocenters. The fraction of sp³-hybridized carbons (Fsp3) is 0. The van der Waals surface area contributed by atoms with Crippen molar-refractivity contribution < 1.29 is 4.42 Å². The maximum absolute atomic E-state index is 6.75. The summed E-state index contributed by atoms with van der Waals surface area (Å²) in [6.07, 6.45) is 0. The Hall–Kier alpha value is -4.85. The first kappa shape index (κ1) is 23.1. The first-order valence-electron chi connectivity index (χ1n) is 13.5. The molecule has 0 aliphatic rings. The Kier molecular flexibility index (Phi) is 5.26. The van der Waals surface area contributed by atoms with Gasteiger partial charge >= 0.3 is 0 Å². The predicted octanol–water partition coefficient (Wildman–Crippen LogP) is 11.5. The Bertz CT molecular complexity index is 2170. The Labute approximate surface area is 236 Å². The second-order valence-corrected chi connectivity index (χ2v) is 10.6. The van der Waals surface area contributed by atoms with Crippen LogP contribution in [0.2, 0.25) is 5.02 Å². The molecule has 0 aliphatic heterocycles. The third kappa shape index (κ3) is 3.56. The maximum atomic E-state index is 6.75. The van der Waals surface area contributed by atoms with Crippen LogP contribution in [-0.2, 0) is 0 Å². The highest BCUT2D eigenvalue weighted by atomic mass is 35.5. The van der Waals surface area contributed by atoms with E-state index in [4.69, 9.17) is 16.0 Å². The van der Waals surface area contributed by atoms with Crippen LogP contribution in [-0.4, -0.2) is 0 Å². The molecular formula is C38H23ClO. The summed E-state index contributed by atoms with van der Waals surface area (Å²) in [5.41, 5.74) is 8.78. The molecule has 0 bridgehead atoms. The highest BCUT2D eigenvalue weighted by Crippen LogP contribution is 2.47. The number of benzene rings is 7. The maximum Gasteiger partial charge on any atom is 0.137 e. The molecule has 1 heterocycles. The molecule has 1 nitrogen and oxygen atoms in total. The van der Waals surface area contributed by atoms with E-state index in [1.165, 1.54) is 49.4 Å². The molecule has 0 unspecified atom stereocenters. The van der Waals surface area contributed by atoms with Crippen LogP contribution in [0.3, 0.4) is 0 Å². The molecule has 0 spiro atoms. The van der Waals surface area contributed by atoms with Gasteiger partial charge in [-0.1, -0.05) is 127 Å². The Morgan fingerprint density at radius 2 is 0.950 bits per heavy atom. The number of rotatable bonds is 3. The SMILES string of the molecule is Clc1cc(-c2c3ccccc3c(-c3cccc(-c4ccccc4)c3)c3ccccc23)c2c(c1)oc1ccccc12. The number of fused-ring (bicyclic) bond motifs is 5. The van der Waals surface area contributed by atoms with Crippen LogP contribution in [0.25, 0.3) is 76.9 Å². The van der Waals surface area contributed by atoms with E-state index in [0.717, 1.165) is 27.5 Å². The number of halogens is 1. The fourth-order valence-corrected chi connectivity index (χ4v) is 6.44. The lowest BCUT2D eigenvalue weighted by atomic mass is 9.84. The van der Waals surface area contributed by atoms with Crippen molar-refractivity contribution in [1.82, 2.24) is 0 Å². The molecule has 0 aliphatic carbocycles. The summed E-state index contributed by atoms with van der Waals surface area (Å²) in [7, 11) is 0. The van der Waals surface area contributed by atoms with E-state index in [2.05, 4.69) is 121 Å². The average Bonchev–Trinajstić information content (AvgIpc) is 3.38. The molecule has 1 aromatic heterocycles. The van der Waals surface area contributed by atoms with Gasteiger partial charge in [-0.05, 0) is 73.1 Å². The number of hydrogen-bond acceptors (Lipinski definition) is 1. The third-order valence-corrected chi connectivity index (χ3v) is 8.12. The fourth-order valence-electron chi connectivity index (χ4n) is 6.23. The van der Waals surface area contributed by atoms with Crippen LogP contribution < -0.4 is 0 Å². The van der Waals surface area contributed by atoms with Crippen molar-refractivity contribution in [3.63, 3.8) is 0 Å². The molecule has 8 rings (SSSR count). The highest BCUT2D eigenvalue weighted by molar-refractivity contribution is 6.33. The minimum atomic E-state index is 0.661. The van der Waals surface area contributed by atoms with Crippen LogP contribution in [0.1, 0.15) is 0 Å². The zero-order valence-corrected chi connectivity index (χ0v) is 22.3. The molecule has 0 saturated carbocycles. The van der Waals surface area contributed by atoms with E-state index >= 15 is 0 Å². The van der Waals surface area contributed by atoms with Gasteiger partial charge in [0.15, 0.2) is 0 Å². The molecule has 7 aromatic carbocycles. The van der Waals surface area contributed by atoms with Crippen molar-refractivity contribution in [1.29, 1.82) is 0 Å². The van der Waals surface area contributed by atoms with Gasteiger partial charge in [-0.15, -0.1) is 0 Å². The summed E-state index contributed by atoms with van der Waals surface area (Å²) in [6, 6.07) is 49.1. The molecule has 8 aromatic rings. The van der Waals surface area contributed by atoms with Crippen molar-refractivity contribution in [2.75, 3.05) is 0 Å². The van der Waals surface area contributed by atoms with Gasteiger partial charge in [0, 0.05) is 21.9 Å². The second-order valence-electron chi connectivity index (χ2n) is 10.2. The zero-order chi connectivity index (χ0) is 26.6. The third-order valence-electron chi connectivity index (χ3n) is 7.90. The predicted molar refractivity (Wildman–Crippen MR) is 170 cm³/mol. The van der Waals surface area contributed by atoms with E-state index in [1.54, 1.807) is 0 Å². The monoisotopic (exact) mass is 530 g/mol. The summed E-state index contributed by atoms with van der Waals surface area (Å²) < 4.78 is 6.28. The molecule has 0 saturated heterocycles. The average molecular weight is 531 g/mol. The van der Waals surface area contributed by atoms with E-state index in [1.807, 2.05) is 18.2 Å². The Morgan fingerprint density at radius 3 is 1.65 bits per heavy atom. The van der Waals surface area contributed by atoms with Gasteiger partial charge < -0.3 is 4.42 Å². The molecule has 188 valence electrons. The van der Waals surface area contributed by atoms with Gasteiger partial charge in [-0.2, -0.15) is 0 Å². The lowest BCUT2D eigenvalue weighted by Gasteiger charge is -2.19. The summed E-state index contributed by atoms with van der Waals surface area (Å²) in [5, 5.41) is 7.65. The lowest BCUT2D eigenvalue weighted by molar-refractivity contribution is 0.669. The van der Waals surface area contributed by atoms with Crippen molar-refractivity contribution >= 4 is 55.1 Å². The van der Waals surface area contributed by atoms with E-state index in [-0.39, 0.29) is 0 Å². The smallest absolute Gasteiger partial charge is 0.137 e. The summed E-state index contributed by atoms with van der Waals surface area (Å²) in [4.78, 5) is 0. The van der Waals surface area contributed by atoms with Crippen LogP contribution in [0.5, 0.6) is 0 Å². The quantitative estimate of drug-likeness (QED) is 0.207. The van der Waals surface area contributed by atoms with Gasteiger partial charge in [0.2, 0.25) is 0 Å². The van der Waals surface area contributed by atoms with Gasteiger partial charge in [-0.3, -0.25) is 0 Å². The molecule has 0 fully saturated rings. The van der Waals surface area contributed by atoms with Crippen molar-refractivity contribution in [3.8, 4) is 33.4 Å². The van der Waals surface area contributed by atoms with Crippen LogP contribution >= 0.6 is 11.6 Å². The molecule has 0 N–H and O–H groups in total. The van der Waals surface area contributed by atoms with Gasteiger partial charge in [0.1, 0.15) is 11.2 Å². The summed E-state index contributed by atoms with van der Waals surface area (Å²) >= 11 is 6.75. The van der Waals surface area contributed by atoms with Crippen LogP contribution in [0.15, 0.2) is 144 Å². The first-order valence-corrected chi connectivity index (χ1v) is 13.8. The molecule has 0 radical (unpaired) electrons. The largest absolute Gasteiger partial charge is 0.456 e. The molecule has 2 heteroatoms. The van der Waals surface area contributed by atoms with Crippen LogP contribution in [0, 0.1) is 0 Å². The van der Waals surface area contributed by atoms with Gasteiger partial charge in [0.05, 0.1) is 0 Å². The number of hydrogen-bond donors (Lipinski definition) is 0. The van der Waals surface area contributed by atoms with Crippen molar-refractivity contribution in [2.45, 2.75) is 0 Å². The molecular weight excluding hydrogens is 508 g/mol. The minimum Gasteiger partial charge on any atom is -0.456 e. The van der Waals surface area contributed by atoms with Crippen LogP contribution in [0.4, 0.5) is 0 Å². The van der Waals surface area contributed by atoms with Crippen molar-refractivity contribution in [2.24, 2.45) is 0 Å². The zero-order valence-electron chi connectivity index (χ0n) is 21.6. The summed E-state index contributed by atoms with van der Waals surface area (Å²) in [5.74, 6) is 0. The molecule has 40 heavy (non-hydrogen) atoms. The minimum absolute atomic E-state index is 0.661. The second kappa shape index (κ2) is 9.12. The Morgan fingerprint density at radius 1 is 0.400 bits per heavy atom. The van der Waals surface area contributed by atoms with Gasteiger partial charge in [0.25, 0.3) is 0 Å². The van der Waals surface area contributed by atoms with Gasteiger partial charge in [-0.25, -0.2) is 0 Å². The highest BCUT2D eigenvalue weighted by Gasteiger charge is 2.21.